The van der Waals surface area contributed by atoms with E-state index in [1.807, 2.05) is 18.5 Å². The predicted octanol–water partition coefficient (Wildman–Crippen LogP) is 5.01. The molecule has 2 aliphatic rings. The lowest BCUT2D eigenvalue weighted by Gasteiger charge is -2.21. The van der Waals surface area contributed by atoms with Crippen LogP contribution in [0, 0.1) is 12.8 Å². The predicted molar refractivity (Wildman–Crippen MR) is 129 cm³/mol. The number of halogens is 4. The molecule has 10 heteroatoms. The monoisotopic (exact) mass is 506 g/mol. The number of aromatic nitrogens is 5. The average Bonchev–Trinajstić information content (AvgIpc) is 3.19. The van der Waals surface area contributed by atoms with Crippen molar-refractivity contribution in [3.05, 3.63) is 59.3 Å². The number of nitrogens with zero attached hydrogens (tertiary/aromatic N) is 6. The molecule has 2 fully saturated rings. The van der Waals surface area contributed by atoms with Crippen molar-refractivity contribution in [3.8, 4) is 11.5 Å². The Hall–Kier alpha value is -2.52. The molecule has 188 valence electrons. The van der Waals surface area contributed by atoms with Crippen LogP contribution in [0.15, 0.2) is 36.7 Å². The molecule has 1 aliphatic carbocycles. The smallest absolute Gasteiger partial charge is 0.313 e. The molecule has 1 saturated carbocycles. The Morgan fingerprint density at radius 3 is 2.49 bits per heavy atom. The van der Waals surface area contributed by atoms with Crippen LogP contribution < -0.4 is 0 Å². The molecule has 0 spiro atoms. The van der Waals surface area contributed by atoms with Gasteiger partial charge in [0.1, 0.15) is 11.5 Å². The molecule has 6 nitrogen and oxygen atoms in total. The number of alkyl halides is 3. The molecule has 3 aromatic rings. The van der Waals surface area contributed by atoms with Gasteiger partial charge in [-0.1, -0.05) is 18.6 Å². The number of fused-ring (bicyclic) bond motifs is 1. The number of rotatable bonds is 8. The lowest BCUT2D eigenvalue weighted by Crippen LogP contribution is -2.27. The zero-order valence-corrected chi connectivity index (χ0v) is 20.7. The molecule has 0 amide bonds. The van der Waals surface area contributed by atoms with Crippen molar-refractivity contribution in [2.75, 3.05) is 19.6 Å². The second-order valence-corrected chi connectivity index (χ2v) is 9.72. The second kappa shape index (κ2) is 9.85. The van der Waals surface area contributed by atoms with Gasteiger partial charge in [0.15, 0.2) is 5.82 Å². The summed E-state index contributed by atoms with van der Waals surface area (Å²) in [5.41, 5.74) is 2.15. The maximum absolute atomic E-state index is 12.9. The summed E-state index contributed by atoms with van der Waals surface area (Å²) in [6.45, 7) is 4.93. The van der Waals surface area contributed by atoms with E-state index in [0.717, 1.165) is 80.3 Å². The van der Waals surface area contributed by atoms with E-state index in [0.29, 0.717) is 5.92 Å². The van der Waals surface area contributed by atoms with Crippen molar-refractivity contribution in [2.45, 2.75) is 50.6 Å². The van der Waals surface area contributed by atoms with Gasteiger partial charge in [-0.2, -0.15) is 13.2 Å². The largest absolute Gasteiger partial charge is 0.416 e. The minimum absolute atomic E-state index is 0. The van der Waals surface area contributed by atoms with Crippen LogP contribution in [0.25, 0.3) is 11.5 Å². The minimum Gasteiger partial charge on any atom is -0.313 e. The van der Waals surface area contributed by atoms with Crippen LogP contribution >= 0.6 is 12.4 Å². The summed E-state index contributed by atoms with van der Waals surface area (Å²) in [5.74, 6) is 2.25. The molecule has 0 radical (unpaired) electrons. The van der Waals surface area contributed by atoms with Crippen molar-refractivity contribution < 1.29 is 13.2 Å². The average molecular weight is 507 g/mol. The van der Waals surface area contributed by atoms with Gasteiger partial charge in [-0.05, 0) is 56.3 Å². The van der Waals surface area contributed by atoms with E-state index in [9.17, 15) is 13.2 Å². The summed E-state index contributed by atoms with van der Waals surface area (Å²) >= 11 is 0. The van der Waals surface area contributed by atoms with Crippen molar-refractivity contribution >= 4 is 12.4 Å². The second-order valence-electron chi connectivity index (χ2n) is 9.72. The van der Waals surface area contributed by atoms with Crippen molar-refractivity contribution in [1.29, 1.82) is 0 Å². The van der Waals surface area contributed by atoms with E-state index in [1.54, 1.807) is 24.5 Å². The third-order valence-electron chi connectivity index (χ3n) is 7.35. The van der Waals surface area contributed by atoms with E-state index in [-0.39, 0.29) is 17.8 Å². The zero-order valence-electron chi connectivity index (χ0n) is 19.9. The van der Waals surface area contributed by atoms with Gasteiger partial charge in [-0.3, -0.25) is 4.98 Å². The van der Waals surface area contributed by atoms with E-state index >= 15 is 0 Å². The van der Waals surface area contributed by atoms with Gasteiger partial charge in [-0.15, -0.1) is 22.6 Å². The molecule has 2 aromatic heterocycles. The van der Waals surface area contributed by atoms with E-state index < -0.39 is 11.7 Å². The fourth-order valence-electron chi connectivity index (χ4n) is 5.30. The molecule has 1 aliphatic heterocycles. The standard InChI is InChI=1S/C25H29F3N6.ClH/c1-17-13-30-21(14-29-17)23-32-31-22(33(23)2)6-4-3-5-11-34-15-20-12-24(20,16-34)18-7-9-19(10-8-18)25(26,27)28;/h7-10,13-14,20H,3-6,11-12,15-16H2,1-2H3;1H/t20-,24+;/m0./s1. The highest BCUT2D eigenvalue weighted by Crippen LogP contribution is 2.59. The highest BCUT2D eigenvalue weighted by atomic mass is 35.5. The van der Waals surface area contributed by atoms with E-state index in [1.165, 1.54) is 12.1 Å². The number of hydrogen-bond donors (Lipinski definition) is 0. The molecule has 1 saturated heterocycles. The number of piperidine rings is 1. The van der Waals surface area contributed by atoms with Gasteiger partial charge >= 0.3 is 6.18 Å². The van der Waals surface area contributed by atoms with Gasteiger partial charge in [0.2, 0.25) is 0 Å². The lowest BCUT2D eigenvalue weighted by molar-refractivity contribution is -0.137. The van der Waals surface area contributed by atoms with Crippen LogP contribution in [-0.4, -0.2) is 49.3 Å². The molecule has 35 heavy (non-hydrogen) atoms. The van der Waals surface area contributed by atoms with Crippen molar-refractivity contribution in [2.24, 2.45) is 13.0 Å². The summed E-state index contributed by atoms with van der Waals surface area (Å²) in [6.07, 6.45) is 4.37. The molecule has 0 N–H and O–H groups in total. The number of likely N-dealkylation sites (tertiary alicyclic amines) is 1. The Balaban J connectivity index is 0.00000289. The molecule has 0 bridgehead atoms. The zero-order chi connectivity index (χ0) is 23.9. The maximum atomic E-state index is 12.9. The fourth-order valence-corrected chi connectivity index (χ4v) is 5.30. The first-order valence-electron chi connectivity index (χ1n) is 11.8. The molecule has 3 heterocycles. The summed E-state index contributed by atoms with van der Waals surface area (Å²) in [5, 5.41) is 8.62. The highest BCUT2D eigenvalue weighted by Gasteiger charge is 2.60. The van der Waals surface area contributed by atoms with Gasteiger partial charge in [0, 0.05) is 38.2 Å². The molecule has 1 aromatic carbocycles. The highest BCUT2D eigenvalue weighted by molar-refractivity contribution is 5.85. The summed E-state index contributed by atoms with van der Waals surface area (Å²) in [7, 11) is 1.96. The van der Waals surface area contributed by atoms with Crippen LogP contribution in [0.3, 0.4) is 0 Å². The van der Waals surface area contributed by atoms with Crippen molar-refractivity contribution in [3.63, 3.8) is 0 Å². The summed E-state index contributed by atoms with van der Waals surface area (Å²) in [4.78, 5) is 11.1. The minimum atomic E-state index is -4.28. The van der Waals surface area contributed by atoms with Crippen molar-refractivity contribution in [1.82, 2.24) is 29.6 Å². The van der Waals surface area contributed by atoms with Crippen LogP contribution in [0.4, 0.5) is 13.2 Å². The van der Waals surface area contributed by atoms with E-state index in [4.69, 9.17) is 0 Å². The maximum Gasteiger partial charge on any atom is 0.416 e. The Morgan fingerprint density at radius 2 is 1.80 bits per heavy atom. The molecule has 2 atom stereocenters. The fraction of sp³-hybridized carbons (Fsp3) is 0.520. The Labute approximate surface area is 209 Å². The number of benzene rings is 1. The topological polar surface area (TPSA) is 59.7 Å². The molecular weight excluding hydrogens is 477 g/mol. The first-order valence-corrected chi connectivity index (χ1v) is 11.8. The van der Waals surface area contributed by atoms with Gasteiger partial charge < -0.3 is 9.47 Å². The number of unbranched alkanes of at least 4 members (excludes halogenated alkanes) is 2. The molecule has 5 rings (SSSR count). The normalized spacial score (nSPS) is 21.6. The lowest BCUT2D eigenvalue weighted by atomic mass is 9.94. The van der Waals surface area contributed by atoms with Crippen LogP contribution in [0.1, 0.15) is 48.3 Å². The third-order valence-corrected chi connectivity index (χ3v) is 7.35. The Morgan fingerprint density at radius 1 is 1.03 bits per heavy atom. The first kappa shape index (κ1) is 25.6. The van der Waals surface area contributed by atoms with Gasteiger partial charge in [-0.25, -0.2) is 4.98 Å². The van der Waals surface area contributed by atoms with Crippen LogP contribution in [-0.2, 0) is 25.1 Å². The van der Waals surface area contributed by atoms with Crippen LogP contribution in [0.2, 0.25) is 0 Å². The molecular formula is C25H30ClF3N6. The van der Waals surface area contributed by atoms with Gasteiger partial charge in [0.25, 0.3) is 0 Å². The SMILES string of the molecule is Cc1cnc(-c2nnc(CCCCCN3C[C@@H]4C[C@]4(c4ccc(C(F)(F)F)cc4)C3)n2C)cn1.Cl. The number of aryl methyl sites for hydroxylation is 2. The quantitative estimate of drug-likeness (QED) is 0.402. The third kappa shape index (κ3) is 5.21. The number of hydrogen-bond acceptors (Lipinski definition) is 5. The summed E-state index contributed by atoms with van der Waals surface area (Å²) < 4.78 is 40.6. The van der Waals surface area contributed by atoms with Gasteiger partial charge in [0.05, 0.1) is 17.5 Å². The van der Waals surface area contributed by atoms with E-state index in [2.05, 4.69) is 25.1 Å². The Kier molecular flexibility index (Phi) is 7.20. The summed E-state index contributed by atoms with van der Waals surface area (Å²) in [6, 6.07) is 5.82. The molecule has 0 unspecified atom stereocenters. The Bertz CT molecular complexity index is 1150. The first-order chi connectivity index (χ1) is 16.3. The van der Waals surface area contributed by atoms with Crippen LogP contribution in [0.5, 0.6) is 0 Å².